The molecule has 2 aromatic rings. The molecule has 2 N–H and O–H groups in total. The lowest BCUT2D eigenvalue weighted by molar-refractivity contribution is 0.0718. The summed E-state index contributed by atoms with van der Waals surface area (Å²) in [5.74, 6) is -0.0637. The first kappa shape index (κ1) is 16.7. The van der Waals surface area contributed by atoms with Crippen LogP contribution in [0, 0.1) is 5.41 Å². The van der Waals surface area contributed by atoms with E-state index in [1.165, 1.54) is 6.42 Å². The summed E-state index contributed by atoms with van der Waals surface area (Å²) < 4.78 is 0. The van der Waals surface area contributed by atoms with Gasteiger partial charge in [-0.25, -0.2) is 0 Å². The molecule has 0 spiro atoms. The third-order valence-electron chi connectivity index (χ3n) is 5.11. The van der Waals surface area contributed by atoms with E-state index in [2.05, 4.69) is 5.32 Å². The van der Waals surface area contributed by atoms with Crippen LogP contribution < -0.4 is 5.32 Å². The Kier molecular flexibility index (Phi) is 5.31. The van der Waals surface area contributed by atoms with Gasteiger partial charge in [-0.1, -0.05) is 61.7 Å². The van der Waals surface area contributed by atoms with Crippen molar-refractivity contribution in [2.24, 2.45) is 5.41 Å². The molecule has 0 aliphatic heterocycles. The standard InChI is InChI=1S/C21H25NO2/c23-16-21(12-5-2-6-13-21)15-22-20(24)19-11-7-10-18(14-19)17-8-3-1-4-9-17/h1,3-4,7-11,14,23H,2,5-6,12-13,15-16H2,(H,22,24). The van der Waals surface area contributed by atoms with E-state index in [-0.39, 0.29) is 17.9 Å². The molecular weight excluding hydrogens is 298 g/mol. The van der Waals surface area contributed by atoms with Gasteiger partial charge in [0, 0.05) is 17.5 Å². The normalized spacial score (nSPS) is 16.5. The van der Waals surface area contributed by atoms with Gasteiger partial charge in [-0.15, -0.1) is 0 Å². The molecule has 1 saturated carbocycles. The van der Waals surface area contributed by atoms with Crippen LogP contribution in [0.5, 0.6) is 0 Å². The van der Waals surface area contributed by atoms with Crippen molar-refractivity contribution >= 4 is 5.91 Å². The Bertz CT molecular complexity index is 675. The van der Waals surface area contributed by atoms with Crippen molar-refractivity contribution in [3.8, 4) is 11.1 Å². The van der Waals surface area contributed by atoms with Crippen molar-refractivity contribution in [2.75, 3.05) is 13.2 Å². The van der Waals surface area contributed by atoms with Gasteiger partial charge in [0.1, 0.15) is 0 Å². The molecular formula is C21H25NO2. The summed E-state index contributed by atoms with van der Waals surface area (Å²) in [7, 11) is 0. The summed E-state index contributed by atoms with van der Waals surface area (Å²) in [5, 5.41) is 12.8. The van der Waals surface area contributed by atoms with Crippen LogP contribution in [0.2, 0.25) is 0 Å². The first-order valence-electron chi connectivity index (χ1n) is 8.77. The quantitative estimate of drug-likeness (QED) is 0.873. The fourth-order valence-corrected chi connectivity index (χ4v) is 3.53. The maximum absolute atomic E-state index is 12.5. The average molecular weight is 323 g/mol. The van der Waals surface area contributed by atoms with Crippen LogP contribution in [0.4, 0.5) is 0 Å². The predicted octanol–water partition coefficient (Wildman–Crippen LogP) is 4.03. The molecule has 126 valence electrons. The predicted molar refractivity (Wildman–Crippen MR) is 96.8 cm³/mol. The number of carbonyl (C=O) groups excluding carboxylic acids is 1. The summed E-state index contributed by atoms with van der Waals surface area (Å²) >= 11 is 0. The Hall–Kier alpha value is -2.13. The first-order valence-corrected chi connectivity index (χ1v) is 8.77. The van der Waals surface area contributed by atoms with Crippen LogP contribution in [0.25, 0.3) is 11.1 Å². The fraction of sp³-hybridized carbons (Fsp3) is 0.381. The zero-order chi connectivity index (χ0) is 16.8. The van der Waals surface area contributed by atoms with Crippen molar-refractivity contribution < 1.29 is 9.90 Å². The highest BCUT2D eigenvalue weighted by atomic mass is 16.3. The van der Waals surface area contributed by atoms with E-state index in [1.54, 1.807) is 0 Å². The topological polar surface area (TPSA) is 49.3 Å². The molecule has 2 aromatic carbocycles. The van der Waals surface area contributed by atoms with Gasteiger partial charge in [0.05, 0.1) is 6.61 Å². The monoisotopic (exact) mass is 323 g/mol. The van der Waals surface area contributed by atoms with Crippen LogP contribution in [-0.2, 0) is 0 Å². The lowest BCUT2D eigenvalue weighted by Gasteiger charge is -2.35. The average Bonchev–Trinajstić information content (AvgIpc) is 2.67. The Labute approximate surface area is 143 Å². The smallest absolute Gasteiger partial charge is 0.251 e. The molecule has 0 saturated heterocycles. The Balaban J connectivity index is 1.69. The van der Waals surface area contributed by atoms with Gasteiger partial charge in [-0.3, -0.25) is 4.79 Å². The zero-order valence-electron chi connectivity index (χ0n) is 14.0. The van der Waals surface area contributed by atoms with Crippen LogP contribution in [0.15, 0.2) is 54.6 Å². The molecule has 0 radical (unpaired) electrons. The van der Waals surface area contributed by atoms with E-state index < -0.39 is 0 Å². The van der Waals surface area contributed by atoms with Gasteiger partial charge < -0.3 is 10.4 Å². The van der Waals surface area contributed by atoms with E-state index in [9.17, 15) is 9.90 Å². The molecule has 3 rings (SSSR count). The molecule has 0 bridgehead atoms. The number of amides is 1. The molecule has 24 heavy (non-hydrogen) atoms. The van der Waals surface area contributed by atoms with Crippen molar-refractivity contribution in [3.63, 3.8) is 0 Å². The van der Waals surface area contributed by atoms with Crippen molar-refractivity contribution in [2.45, 2.75) is 32.1 Å². The summed E-state index contributed by atoms with van der Waals surface area (Å²) in [6.07, 6.45) is 5.50. The number of aliphatic hydroxyl groups is 1. The van der Waals surface area contributed by atoms with Gasteiger partial charge in [0.25, 0.3) is 5.91 Å². The largest absolute Gasteiger partial charge is 0.396 e. The Morgan fingerprint density at radius 1 is 0.958 bits per heavy atom. The summed E-state index contributed by atoms with van der Waals surface area (Å²) in [4.78, 5) is 12.5. The number of benzene rings is 2. The van der Waals surface area contributed by atoms with Crippen LogP contribution >= 0.6 is 0 Å². The molecule has 1 amide bonds. The number of carbonyl (C=O) groups is 1. The molecule has 3 heteroatoms. The third kappa shape index (κ3) is 3.85. The number of rotatable bonds is 5. The second-order valence-corrected chi connectivity index (χ2v) is 6.85. The molecule has 0 unspecified atom stereocenters. The maximum Gasteiger partial charge on any atom is 0.251 e. The van der Waals surface area contributed by atoms with Crippen molar-refractivity contribution in [3.05, 3.63) is 60.2 Å². The Morgan fingerprint density at radius 2 is 1.67 bits per heavy atom. The van der Waals surface area contributed by atoms with Crippen molar-refractivity contribution in [1.29, 1.82) is 0 Å². The fourth-order valence-electron chi connectivity index (χ4n) is 3.53. The van der Waals surface area contributed by atoms with Crippen LogP contribution in [0.3, 0.4) is 0 Å². The van der Waals surface area contributed by atoms with Crippen molar-refractivity contribution in [1.82, 2.24) is 5.32 Å². The highest BCUT2D eigenvalue weighted by molar-refractivity contribution is 5.95. The third-order valence-corrected chi connectivity index (χ3v) is 5.11. The van der Waals surface area contributed by atoms with E-state index in [0.29, 0.717) is 12.1 Å². The summed E-state index contributed by atoms with van der Waals surface area (Å²) in [6, 6.07) is 17.8. The minimum atomic E-state index is -0.134. The summed E-state index contributed by atoms with van der Waals surface area (Å²) in [6.45, 7) is 0.704. The highest BCUT2D eigenvalue weighted by Crippen LogP contribution is 2.35. The molecule has 1 aliphatic rings. The van der Waals surface area contributed by atoms with Gasteiger partial charge in [-0.05, 0) is 36.1 Å². The maximum atomic E-state index is 12.5. The van der Waals surface area contributed by atoms with Crippen LogP contribution in [-0.4, -0.2) is 24.2 Å². The molecule has 0 atom stereocenters. The lowest BCUT2D eigenvalue weighted by atomic mass is 9.74. The SMILES string of the molecule is O=C(NCC1(CO)CCCCC1)c1cccc(-c2ccccc2)c1. The first-order chi connectivity index (χ1) is 11.7. The second kappa shape index (κ2) is 7.63. The van der Waals surface area contributed by atoms with E-state index in [1.807, 2.05) is 54.6 Å². The minimum Gasteiger partial charge on any atom is -0.396 e. The van der Waals surface area contributed by atoms with Gasteiger partial charge >= 0.3 is 0 Å². The number of aliphatic hydroxyl groups excluding tert-OH is 1. The minimum absolute atomic E-state index is 0.0637. The van der Waals surface area contributed by atoms with Gasteiger partial charge in [0.15, 0.2) is 0 Å². The Morgan fingerprint density at radius 3 is 2.38 bits per heavy atom. The molecule has 1 fully saturated rings. The second-order valence-electron chi connectivity index (χ2n) is 6.85. The number of hydrogen-bond acceptors (Lipinski definition) is 2. The molecule has 1 aliphatic carbocycles. The van der Waals surface area contributed by atoms with E-state index in [0.717, 1.165) is 36.8 Å². The summed E-state index contributed by atoms with van der Waals surface area (Å²) in [5.41, 5.74) is 2.68. The lowest BCUT2D eigenvalue weighted by Crippen LogP contribution is -2.41. The van der Waals surface area contributed by atoms with Crippen LogP contribution in [0.1, 0.15) is 42.5 Å². The van der Waals surface area contributed by atoms with E-state index >= 15 is 0 Å². The highest BCUT2D eigenvalue weighted by Gasteiger charge is 2.31. The molecule has 0 aromatic heterocycles. The molecule has 0 heterocycles. The zero-order valence-corrected chi connectivity index (χ0v) is 14.0. The van der Waals surface area contributed by atoms with E-state index in [4.69, 9.17) is 0 Å². The molecule has 3 nitrogen and oxygen atoms in total. The van der Waals surface area contributed by atoms with Gasteiger partial charge in [0.2, 0.25) is 0 Å². The van der Waals surface area contributed by atoms with Gasteiger partial charge in [-0.2, -0.15) is 0 Å². The number of nitrogens with one attached hydrogen (secondary N) is 1. The number of hydrogen-bond donors (Lipinski definition) is 2.